The third-order valence-corrected chi connectivity index (χ3v) is 3.81. The molecule has 0 aliphatic carbocycles. The summed E-state index contributed by atoms with van der Waals surface area (Å²) in [7, 11) is 0. The van der Waals surface area contributed by atoms with E-state index in [0.717, 1.165) is 4.47 Å². The molecule has 7 heteroatoms. The second kappa shape index (κ2) is 5.55. The van der Waals surface area contributed by atoms with E-state index in [4.69, 9.17) is 0 Å². The van der Waals surface area contributed by atoms with Crippen molar-refractivity contribution in [1.29, 1.82) is 0 Å². The van der Waals surface area contributed by atoms with Gasteiger partial charge in [-0.25, -0.2) is 0 Å². The number of hydrogen-bond acceptors (Lipinski definition) is 3. The molecule has 0 bridgehead atoms. The molecule has 1 N–H and O–H groups in total. The summed E-state index contributed by atoms with van der Waals surface area (Å²) in [6, 6.07) is -0.00768. The van der Waals surface area contributed by atoms with Gasteiger partial charge in [0, 0.05) is 12.7 Å². The Morgan fingerprint density at radius 2 is 2.25 bits per heavy atom. The average molecular weight is 343 g/mol. The molecule has 1 unspecified atom stereocenters. The molecule has 6 nitrogen and oxygen atoms in total. The SMILES string of the molecule is CC(C)(C)C1CNC(=O)CN1C(=O)Cn1cc(Br)cn1. The summed E-state index contributed by atoms with van der Waals surface area (Å²) in [4.78, 5) is 25.7. The molecule has 0 saturated carbocycles. The van der Waals surface area contributed by atoms with Crippen LogP contribution in [-0.4, -0.2) is 45.6 Å². The third-order valence-electron chi connectivity index (χ3n) is 3.40. The molecule has 1 aliphatic heterocycles. The lowest BCUT2D eigenvalue weighted by atomic mass is 9.84. The molecule has 0 radical (unpaired) electrons. The number of nitrogens with one attached hydrogen (secondary N) is 1. The second-order valence-corrected chi connectivity index (χ2v) is 6.98. The molecule has 1 atom stereocenters. The van der Waals surface area contributed by atoms with Crippen molar-refractivity contribution in [1.82, 2.24) is 20.0 Å². The predicted octanol–water partition coefficient (Wildman–Crippen LogP) is 1.02. The van der Waals surface area contributed by atoms with Crippen molar-refractivity contribution < 1.29 is 9.59 Å². The van der Waals surface area contributed by atoms with Crippen molar-refractivity contribution in [2.45, 2.75) is 33.4 Å². The van der Waals surface area contributed by atoms with Crippen LogP contribution in [0.5, 0.6) is 0 Å². The summed E-state index contributed by atoms with van der Waals surface area (Å²) < 4.78 is 2.40. The highest BCUT2D eigenvalue weighted by atomic mass is 79.9. The van der Waals surface area contributed by atoms with Crippen LogP contribution >= 0.6 is 15.9 Å². The first-order valence-corrected chi connectivity index (χ1v) is 7.31. The Hall–Kier alpha value is -1.37. The predicted molar refractivity (Wildman–Crippen MR) is 77.9 cm³/mol. The largest absolute Gasteiger partial charge is 0.352 e. The summed E-state index contributed by atoms with van der Waals surface area (Å²) >= 11 is 3.30. The van der Waals surface area contributed by atoms with E-state index in [9.17, 15) is 9.59 Å². The van der Waals surface area contributed by atoms with E-state index in [1.807, 2.05) is 0 Å². The number of nitrogens with zero attached hydrogens (tertiary/aromatic N) is 3. The molecule has 110 valence electrons. The van der Waals surface area contributed by atoms with Crippen LogP contribution in [0.25, 0.3) is 0 Å². The zero-order chi connectivity index (χ0) is 14.9. The van der Waals surface area contributed by atoms with Gasteiger partial charge >= 0.3 is 0 Å². The van der Waals surface area contributed by atoms with Crippen molar-refractivity contribution in [2.75, 3.05) is 13.1 Å². The molecule has 0 spiro atoms. The zero-order valence-electron chi connectivity index (χ0n) is 11.9. The Kier molecular flexibility index (Phi) is 4.17. The monoisotopic (exact) mass is 342 g/mol. The van der Waals surface area contributed by atoms with E-state index in [1.54, 1.807) is 22.0 Å². The van der Waals surface area contributed by atoms with Gasteiger partial charge in [-0.3, -0.25) is 14.3 Å². The van der Waals surface area contributed by atoms with Gasteiger partial charge in [-0.2, -0.15) is 5.10 Å². The van der Waals surface area contributed by atoms with Crippen molar-refractivity contribution in [3.8, 4) is 0 Å². The minimum atomic E-state index is -0.111. The van der Waals surface area contributed by atoms with E-state index >= 15 is 0 Å². The number of hydrogen-bond donors (Lipinski definition) is 1. The van der Waals surface area contributed by atoms with Crippen LogP contribution in [-0.2, 0) is 16.1 Å². The average Bonchev–Trinajstić information content (AvgIpc) is 2.73. The van der Waals surface area contributed by atoms with Crippen LogP contribution in [0.2, 0.25) is 0 Å². The van der Waals surface area contributed by atoms with E-state index in [2.05, 4.69) is 47.1 Å². The standard InChI is InChI=1S/C13H19BrN4O2/c1-13(2,3)10-5-15-11(19)7-18(10)12(20)8-17-6-9(14)4-16-17/h4,6,10H,5,7-8H2,1-3H3,(H,15,19). The second-order valence-electron chi connectivity index (χ2n) is 6.06. The van der Waals surface area contributed by atoms with Crippen LogP contribution < -0.4 is 5.32 Å². The van der Waals surface area contributed by atoms with Crippen LogP contribution in [0.3, 0.4) is 0 Å². The number of rotatable bonds is 2. The Balaban J connectivity index is 2.13. The van der Waals surface area contributed by atoms with Gasteiger partial charge in [-0.05, 0) is 21.3 Å². The van der Waals surface area contributed by atoms with E-state index < -0.39 is 0 Å². The smallest absolute Gasteiger partial charge is 0.245 e. The van der Waals surface area contributed by atoms with E-state index in [1.165, 1.54) is 0 Å². The van der Waals surface area contributed by atoms with Crippen molar-refractivity contribution >= 4 is 27.7 Å². The number of piperazine rings is 1. The molecular weight excluding hydrogens is 324 g/mol. The van der Waals surface area contributed by atoms with Gasteiger partial charge in [0.1, 0.15) is 6.54 Å². The molecule has 2 amide bonds. The summed E-state index contributed by atoms with van der Waals surface area (Å²) in [5, 5.41) is 6.91. The Morgan fingerprint density at radius 3 is 2.80 bits per heavy atom. The lowest BCUT2D eigenvalue weighted by Crippen LogP contribution is -2.61. The van der Waals surface area contributed by atoms with Gasteiger partial charge in [-0.15, -0.1) is 0 Å². The first kappa shape index (κ1) is 15.0. The highest BCUT2D eigenvalue weighted by Crippen LogP contribution is 2.26. The van der Waals surface area contributed by atoms with Gasteiger partial charge in [-0.1, -0.05) is 20.8 Å². The fourth-order valence-corrected chi connectivity index (χ4v) is 2.66. The normalized spacial score (nSPS) is 19.9. The van der Waals surface area contributed by atoms with E-state index in [-0.39, 0.29) is 36.4 Å². The molecule has 1 aromatic rings. The van der Waals surface area contributed by atoms with Crippen LogP contribution in [0, 0.1) is 5.41 Å². The fraction of sp³-hybridized carbons (Fsp3) is 0.615. The number of carbonyl (C=O) groups is 2. The summed E-state index contributed by atoms with van der Waals surface area (Å²) in [5.74, 6) is -0.198. The summed E-state index contributed by atoms with van der Waals surface area (Å²) in [6.45, 7) is 6.96. The van der Waals surface area contributed by atoms with Crippen LogP contribution in [0.1, 0.15) is 20.8 Å². The number of aromatic nitrogens is 2. The Morgan fingerprint density at radius 1 is 1.55 bits per heavy atom. The first-order chi connectivity index (χ1) is 9.27. The van der Waals surface area contributed by atoms with Gasteiger partial charge in [0.25, 0.3) is 0 Å². The van der Waals surface area contributed by atoms with Crippen molar-refractivity contribution in [2.24, 2.45) is 5.41 Å². The molecule has 0 aromatic carbocycles. The van der Waals surface area contributed by atoms with Crippen LogP contribution in [0.4, 0.5) is 0 Å². The molecule has 1 aromatic heterocycles. The van der Waals surface area contributed by atoms with Gasteiger partial charge in [0.05, 0.1) is 23.3 Å². The summed E-state index contributed by atoms with van der Waals surface area (Å²) in [6.07, 6.45) is 3.38. The first-order valence-electron chi connectivity index (χ1n) is 6.51. The number of carbonyl (C=O) groups excluding carboxylic acids is 2. The lowest BCUT2D eigenvalue weighted by Gasteiger charge is -2.43. The van der Waals surface area contributed by atoms with Gasteiger partial charge in [0.15, 0.2) is 0 Å². The molecule has 20 heavy (non-hydrogen) atoms. The molecular formula is C13H19BrN4O2. The van der Waals surface area contributed by atoms with Gasteiger partial charge in [0.2, 0.25) is 11.8 Å². The topological polar surface area (TPSA) is 67.2 Å². The third kappa shape index (κ3) is 3.39. The minimum Gasteiger partial charge on any atom is -0.352 e. The quantitative estimate of drug-likeness (QED) is 0.872. The maximum atomic E-state index is 12.4. The highest BCUT2D eigenvalue weighted by molar-refractivity contribution is 9.10. The minimum absolute atomic E-state index is 0.00768. The Bertz CT molecular complexity index is 521. The fourth-order valence-electron chi connectivity index (χ4n) is 2.33. The molecule has 2 rings (SSSR count). The molecule has 2 heterocycles. The van der Waals surface area contributed by atoms with Crippen molar-refractivity contribution in [3.63, 3.8) is 0 Å². The summed E-state index contributed by atoms with van der Waals surface area (Å²) in [5.41, 5.74) is -0.0892. The van der Waals surface area contributed by atoms with Crippen LogP contribution in [0.15, 0.2) is 16.9 Å². The molecule has 1 aliphatic rings. The zero-order valence-corrected chi connectivity index (χ0v) is 13.5. The number of amides is 2. The molecule has 1 saturated heterocycles. The maximum Gasteiger partial charge on any atom is 0.245 e. The van der Waals surface area contributed by atoms with E-state index in [0.29, 0.717) is 6.54 Å². The maximum absolute atomic E-state index is 12.4. The lowest BCUT2D eigenvalue weighted by molar-refractivity contribution is -0.144. The number of halogens is 1. The van der Waals surface area contributed by atoms with Crippen molar-refractivity contribution in [3.05, 3.63) is 16.9 Å². The molecule has 1 fully saturated rings. The Labute approximate surface area is 126 Å². The highest BCUT2D eigenvalue weighted by Gasteiger charge is 2.37. The van der Waals surface area contributed by atoms with Gasteiger partial charge < -0.3 is 10.2 Å².